The first kappa shape index (κ1) is 18.6. The van der Waals surface area contributed by atoms with E-state index >= 15 is 0 Å². The van der Waals surface area contributed by atoms with E-state index in [0.717, 1.165) is 16.8 Å². The molecule has 2 aliphatic heterocycles. The highest BCUT2D eigenvalue weighted by Crippen LogP contribution is 2.28. The molecule has 1 N–H and O–H groups in total. The minimum atomic E-state index is -0.292. The summed E-state index contributed by atoms with van der Waals surface area (Å²) >= 11 is 0. The average molecular weight is 382 g/mol. The quantitative estimate of drug-likeness (QED) is 0.883. The van der Waals surface area contributed by atoms with Gasteiger partial charge in [-0.3, -0.25) is 9.59 Å². The van der Waals surface area contributed by atoms with Gasteiger partial charge in [0.15, 0.2) is 0 Å². The molecule has 0 aliphatic carbocycles. The van der Waals surface area contributed by atoms with Gasteiger partial charge in [0, 0.05) is 24.6 Å². The predicted molar refractivity (Wildman–Crippen MR) is 103 cm³/mol. The third-order valence-electron chi connectivity index (χ3n) is 5.48. The zero-order valence-corrected chi connectivity index (χ0v) is 15.6. The number of rotatable bonds is 4. The molecule has 0 aromatic heterocycles. The first-order valence-corrected chi connectivity index (χ1v) is 9.64. The van der Waals surface area contributed by atoms with Gasteiger partial charge in [-0.1, -0.05) is 30.3 Å². The molecule has 2 atom stereocenters. The summed E-state index contributed by atoms with van der Waals surface area (Å²) in [6.07, 6.45) is 1.27. The molecule has 0 saturated carbocycles. The molecular formula is C22H23FN2O3. The van der Waals surface area contributed by atoms with Crippen molar-refractivity contribution in [1.29, 1.82) is 0 Å². The smallest absolute Gasteiger partial charge is 0.227 e. The van der Waals surface area contributed by atoms with Crippen LogP contribution in [0, 0.1) is 11.7 Å². The van der Waals surface area contributed by atoms with E-state index in [1.165, 1.54) is 12.1 Å². The van der Waals surface area contributed by atoms with Crippen LogP contribution in [0.3, 0.4) is 0 Å². The van der Waals surface area contributed by atoms with Gasteiger partial charge in [0.25, 0.3) is 0 Å². The van der Waals surface area contributed by atoms with Crippen LogP contribution in [0.2, 0.25) is 0 Å². The molecule has 2 heterocycles. The number of anilines is 1. The number of nitrogens with zero attached hydrogens (tertiary/aromatic N) is 1. The van der Waals surface area contributed by atoms with E-state index in [1.807, 2.05) is 24.3 Å². The number of carbonyl (C=O) groups is 2. The van der Waals surface area contributed by atoms with Gasteiger partial charge in [-0.25, -0.2) is 4.39 Å². The molecule has 146 valence electrons. The van der Waals surface area contributed by atoms with Gasteiger partial charge in [-0.05, 0) is 42.2 Å². The summed E-state index contributed by atoms with van der Waals surface area (Å²) in [7, 11) is 0. The molecule has 1 saturated heterocycles. The largest absolute Gasteiger partial charge is 0.370 e. The number of fused-ring (bicyclic) bond motifs is 1. The van der Waals surface area contributed by atoms with E-state index < -0.39 is 0 Å². The number of ether oxygens (including phenoxy) is 1. The highest BCUT2D eigenvalue weighted by Gasteiger charge is 2.29. The third kappa shape index (κ3) is 4.07. The van der Waals surface area contributed by atoms with E-state index in [1.54, 1.807) is 17.0 Å². The highest BCUT2D eigenvalue weighted by atomic mass is 19.1. The first-order chi connectivity index (χ1) is 13.6. The van der Waals surface area contributed by atoms with Crippen molar-refractivity contribution in [2.45, 2.75) is 25.4 Å². The summed E-state index contributed by atoms with van der Waals surface area (Å²) in [6, 6.07) is 14.0. The van der Waals surface area contributed by atoms with Crippen LogP contribution in [-0.4, -0.2) is 36.4 Å². The van der Waals surface area contributed by atoms with Gasteiger partial charge in [-0.15, -0.1) is 0 Å². The Bertz CT molecular complexity index is 868. The van der Waals surface area contributed by atoms with E-state index in [0.29, 0.717) is 39.0 Å². The maximum Gasteiger partial charge on any atom is 0.227 e. The summed E-state index contributed by atoms with van der Waals surface area (Å²) in [4.78, 5) is 26.8. The molecule has 6 heteroatoms. The van der Waals surface area contributed by atoms with Crippen molar-refractivity contribution in [3.05, 3.63) is 65.5 Å². The first-order valence-electron chi connectivity index (χ1n) is 9.64. The van der Waals surface area contributed by atoms with Gasteiger partial charge in [0.05, 0.1) is 13.2 Å². The summed E-state index contributed by atoms with van der Waals surface area (Å²) in [5, 5.41) is 2.93. The second-order valence-electron chi connectivity index (χ2n) is 7.34. The Kier molecular flexibility index (Phi) is 5.39. The number of halogens is 1. The van der Waals surface area contributed by atoms with Crippen LogP contribution >= 0.6 is 0 Å². The van der Waals surface area contributed by atoms with Crippen LogP contribution in [0.1, 0.15) is 30.1 Å². The lowest BCUT2D eigenvalue weighted by molar-refractivity contribution is -0.139. The Morgan fingerprint density at radius 3 is 2.79 bits per heavy atom. The monoisotopic (exact) mass is 382 g/mol. The highest BCUT2D eigenvalue weighted by molar-refractivity contribution is 5.96. The number of carbonyl (C=O) groups excluding carboxylic acids is 2. The zero-order valence-electron chi connectivity index (χ0n) is 15.6. The van der Waals surface area contributed by atoms with Crippen molar-refractivity contribution in [1.82, 2.24) is 4.90 Å². The summed E-state index contributed by atoms with van der Waals surface area (Å²) in [5.74, 6) is -0.465. The Labute approximate surface area is 163 Å². The SMILES string of the molecule is O=C1Nc2ccccc2CC1CCC(=O)N1CCOC(c2ccc(F)cc2)C1. The van der Waals surface area contributed by atoms with E-state index in [9.17, 15) is 14.0 Å². The number of hydrogen-bond acceptors (Lipinski definition) is 3. The molecule has 2 aromatic rings. The molecule has 5 nitrogen and oxygen atoms in total. The number of benzene rings is 2. The maximum absolute atomic E-state index is 13.1. The van der Waals surface area contributed by atoms with Crippen LogP contribution < -0.4 is 5.32 Å². The fourth-order valence-electron chi connectivity index (χ4n) is 3.86. The third-order valence-corrected chi connectivity index (χ3v) is 5.48. The Hall–Kier alpha value is -2.73. The molecular weight excluding hydrogens is 359 g/mol. The number of para-hydroxylation sites is 1. The van der Waals surface area contributed by atoms with Gasteiger partial charge in [0.2, 0.25) is 11.8 Å². The summed E-state index contributed by atoms with van der Waals surface area (Å²) in [6.45, 7) is 1.44. The Morgan fingerprint density at radius 1 is 1.18 bits per heavy atom. The molecule has 0 spiro atoms. The van der Waals surface area contributed by atoms with Crippen molar-refractivity contribution >= 4 is 17.5 Å². The lowest BCUT2D eigenvalue weighted by Crippen LogP contribution is -2.42. The van der Waals surface area contributed by atoms with Gasteiger partial charge in [0.1, 0.15) is 11.9 Å². The van der Waals surface area contributed by atoms with Gasteiger partial charge < -0.3 is 15.0 Å². The topological polar surface area (TPSA) is 58.6 Å². The van der Waals surface area contributed by atoms with Crippen molar-refractivity contribution in [2.24, 2.45) is 5.92 Å². The molecule has 28 heavy (non-hydrogen) atoms. The van der Waals surface area contributed by atoms with Crippen LogP contribution in [0.5, 0.6) is 0 Å². The number of hydrogen-bond donors (Lipinski definition) is 1. The average Bonchev–Trinajstić information content (AvgIpc) is 2.72. The normalized spacial score (nSPS) is 21.8. The van der Waals surface area contributed by atoms with Crippen LogP contribution in [0.15, 0.2) is 48.5 Å². The van der Waals surface area contributed by atoms with Crippen molar-refractivity contribution in [3.63, 3.8) is 0 Å². The van der Waals surface area contributed by atoms with Gasteiger partial charge >= 0.3 is 0 Å². The molecule has 2 aliphatic rings. The fourth-order valence-corrected chi connectivity index (χ4v) is 3.86. The Morgan fingerprint density at radius 2 is 1.96 bits per heavy atom. The van der Waals surface area contributed by atoms with Gasteiger partial charge in [-0.2, -0.15) is 0 Å². The van der Waals surface area contributed by atoms with E-state index in [-0.39, 0.29) is 29.7 Å². The Balaban J connectivity index is 1.33. The minimum absolute atomic E-state index is 0.0160. The fraction of sp³-hybridized carbons (Fsp3) is 0.364. The molecule has 2 aromatic carbocycles. The van der Waals surface area contributed by atoms with E-state index in [4.69, 9.17) is 4.74 Å². The molecule has 2 amide bonds. The number of morpholine rings is 1. The van der Waals surface area contributed by atoms with Crippen LogP contribution in [0.4, 0.5) is 10.1 Å². The second kappa shape index (κ2) is 8.10. The van der Waals surface area contributed by atoms with Crippen molar-refractivity contribution in [2.75, 3.05) is 25.0 Å². The molecule has 2 unspecified atom stereocenters. The summed E-state index contributed by atoms with van der Waals surface area (Å²) < 4.78 is 18.9. The number of amides is 2. The van der Waals surface area contributed by atoms with Crippen LogP contribution in [-0.2, 0) is 20.7 Å². The minimum Gasteiger partial charge on any atom is -0.370 e. The molecule has 4 rings (SSSR count). The maximum atomic E-state index is 13.1. The van der Waals surface area contributed by atoms with Crippen LogP contribution in [0.25, 0.3) is 0 Å². The zero-order chi connectivity index (χ0) is 19.5. The molecule has 0 radical (unpaired) electrons. The van der Waals surface area contributed by atoms with Crippen molar-refractivity contribution in [3.8, 4) is 0 Å². The molecule has 1 fully saturated rings. The lowest BCUT2D eigenvalue weighted by Gasteiger charge is -2.33. The van der Waals surface area contributed by atoms with E-state index in [2.05, 4.69) is 5.32 Å². The number of nitrogens with one attached hydrogen (secondary N) is 1. The lowest BCUT2D eigenvalue weighted by atomic mass is 9.89. The van der Waals surface area contributed by atoms with Crippen molar-refractivity contribution < 1.29 is 18.7 Å². The predicted octanol–water partition coefficient (Wildman–Crippen LogP) is 3.32. The standard InChI is InChI=1S/C22H23FN2O3/c23-18-8-5-15(6-9-18)20-14-25(11-12-28-20)21(26)10-7-17-13-16-3-1-2-4-19(16)24-22(17)27/h1-6,8-9,17,20H,7,10-14H2,(H,24,27). The molecule has 0 bridgehead atoms. The second-order valence-corrected chi connectivity index (χ2v) is 7.34. The summed E-state index contributed by atoms with van der Waals surface area (Å²) in [5.41, 5.74) is 2.84.